The summed E-state index contributed by atoms with van der Waals surface area (Å²) >= 11 is 0. The van der Waals surface area contributed by atoms with Crippen molar-refractivity contribution in [2.75, 3.05) is 4.90 Å². The number of carbonyl (C=O) groups is 2. The highest BCUT2D eigenvalue weighted by atomic mass is 19.1. The van der Waals surface area contributed by atoms with Crippen LogP contribution in [0.3, 0.4) is 0 Å². The lowest BCUT2D eigenvalue weighted by Crippen LogP contribution is -2.29. The Bertz CT molecular complexity index is 1270. The Labute approximate surface area is 180 Å². The molecule has 0 spiro atoms. The predicted molar refractivity (Wildman–Crippen MR) is 112 cm³/mol. The summed E-state index contributed by atoms with van der Waals surface area (Å²) in [6.07, 6.45) is 0. The van der Waals surface area contributed by atoms with Gasteiger partial charge in [0.2, 0.25) is 0 Å². The number of benzene rings is 3. The molecule has 4 rings (SSSR count). The summed E-state index contributed by atoms with van der Waals surface area (Å²) in [6.45, 7) is 0. The molecule has 3 aromatic rings. The fourth-order valence-electron chi connectivity index (χ4n) is 3.61. The highest BCUT2D eigenvalue weighted by Gasteiger charge is 2.47. The van der Waals surface area contributed by atoms with Crippen molar-refractivity contribution in [3.63, 3.8) is 0 Å². The smallest absolute Gasteiger partial charge is 0.300 e. The molecule has 1 fully saturated rings. The minimum absolute atomic E-state index is 0.0340. The molecular weight excluding hydrogens is 419 g/mol. The van der Waals surface area contributed by atoms with Crippen molar-refractivity contribution < 1.29 is 29.1 Å². The van der Waals surface area contributed by atoms with Gasteiger partial charge in [0.05, 0.1) is 22.2 Å². The van der Waals surface area contributed by atoms with Crippen molar-refractivity contribution in [2.24, 2.45) is 0 Å². The van der Waals surface area contributed by atoms with Crippen LogP contribution in [-0.4, -0.2) is 26.8 Å². The monoisotopic (exact) mass is 434 g/mol. The third-order valence-corrected chi connectivity index (χ3v) is 5.12. The van der Waals surface area contributed by atoms with Crippen LogP contribution >= 0.6 is 0 Å². The standard InChI is InChI=1S/C23H15FN2O6/c24-15-9-5-13(6-10-15)20-19(21(28)14-7-11-16(12-8-14)26(31)32)22(29)23(30)25(20)17-3-1-2-4-18(17)27/h1-12,20,27-28H/b21-19-. The van der Waals surface area contributed by atoms with Gasteiger partial charge in [-0.15, -0.1) is 0 Å². The Hall–Kier alpha value is -4.53. The van der Waals surface area contributed by atoms with Crippen LogP contribution in [-0.2, 0) is 9.59 Å². The quantitative estimate of drug-likeness (QED) is 0.210. The van der Waals surface area contributed by atoms with E-state index in [1.807, 2.05) is 0 Å². The van der Waals surface area contributed by atoms with Crippen molar-refractivity contribution in [3.05, 3.63) is 105 Å². The number of aromatic hydroxyl groups is 1. The lowest BCUT2D eigenvalue weighted by molar-refractivity contribution is -0.384. The van der Waals surface area contributed by atoms with Crippen LogP contribution in [0.1, 0.15) is 17.2 Å². The first-order valence-corrected chi connectivity index (χ1v) is 9.39. The zero-order valence-electron chi connectivity index (χ0n) is 16.3. The van der Waals surface area contributed by atoms with Crippen molar-refractivity contribution >= 4 is 28.8 Å². The highest BCUT2D eigenvalue weighted by molar-refractivity contribution is 6.51. The normalized spacial score (nSPS) is 17.5. The second kappa shape index (κ2) is 7.95. The minimum Gasteiger partial charge on any atom is -0.507 e. The van der Waals surface area contributed by atoms with E-state index in [1.54, 1.807) is 12.1 Å². The fourth-order valence-corrected chi connectivity index (χ4v) is 3.61. The number of anilines is 1. The van der Waals surface area contributed by atoms with Gasteiger partial charge in [-0.1, -0.05) is 24.3 Å². The van der Waals surface area contributed by atoms with Crippen molar-refractivity contribution in [2.45, 2.75) is 6.04 Å². The number of aliphatic hydroxyl groups excluding tert-OH is 1. The third kappa shape index (κ3) is 3.45. The molecule has 1 aliphatic rings. The number of phenols is 1. The molecule has 8 nitrogen and oxygen atoms in total. The highest BCUT2D eigenvalue weighted by Crippen LogP contribution is 2.44. The number of rotatable bonds is 4. The van der Waals surface area contributed by atoms with Gasteiger partial charge in [0.15, 0.2) is 0 Å². The molecule has 0 aromatic heterocycles. The summed E-state index contributed by atoms with van der Waals surface area (Å²) in [7, 11) is 0. The molecule has 1 saturated heterocycles. The number of ketones is 1. The van der Waals surface area contributed by atoms with Crippen LogP contribution in [0.25, 0.3) is 5.76 Å². The Kier molecular flexibility index (Phi) is 5.15. The van der Waals surface area contributed by atoms with Crippen molar-refractivity contribution in [3.8, 4) is 5.75 Å². The summed E-state index contributed by atoms with van der Waals surface area (Å²) in [5.41, 5.74) is -0.0769. The molecule has 1 unspecified atom stereocenters. The molecule has 0 bridgehead atoms. The number of amides is 1. The second-order valence-electron chi connectivity index (χ2n) is 7.01. The van der Waals surface area contributed by atoms with E-state index in [4.69, 9.17) is 0 Å². The van der Waals surface area contributed by atoms with E-state index in [2.05, 4.69) is 0 Å². The second-order valence-corrected chi connectivity index (χ2v) is 7.01. The summed E-state index contributed by atoms with van der Waals surface area (Å²) in [6, 6.07) is 14.5. The summed E-state index contributed by atoms with van der Waals surface area (Å²) in [5, 5.41) is 32.1. The molecule has 160 valence electrons. The number of halogens is 1. The number of hydrogen-bond acceptors (Lipinski definition) is 6. The first-order chi connectivity index (χ1) is 15.3. The Morgan fingerprint density at radius 2 is 1.59 bits per heavy atom. The topological polar surface area (TPSA) is 121 Å². The summed E-state index contributed by atoms with van der Waals surface area (Å²) < 4.78 is 13.5. The van der Waals surface area contributed by atoms with E-state index in [0.29, 0.717) is 5.56 Å². The predicted octanol–water partition coefficient (Wildman–Crippen LogP) is 4.07. The SMILES string of the molecule is O=C1C(=O)N(c2ccccc2O)C(c2ccc(F)cc2)/C1=C(/O)c1ccc([N+](=O)[O-])cc1. The molecule has 9 heteroatoms. The molecule has 1 amide bonds. The van der Waals surface area contributed by atoms with Gasteiger partial charge in [0.25, 0.3) is 17.4 Å². The number of aliphatic hydroxyl groups is 1. The van der Waals surface area contributed by atoms with E-state index >= 15 is 0 Å². The molecule has 32 heavy (non-hydrogen) atoms. The number of non-ortho nitro benzene ring substituents is 1. The van der Waals surface area contributed by atoms with Gasteiger partial charge in [-0.3, -0.25) is 24.6 Å². The summed E-state index contributed by atoms with van der Waals surface area (Å²) in [4.78, 5) is 37.2. The molecule has 3 aromatic carbocycles. The number of nitro groups is 1. The minimum atomic E-state index is -1.17. The Balaban J connectivity index is 1.93. The van der Waals surface area contributed by atoms with Gasteiger partial charge in [-0.2, -0.15) is 0 Å². The van der Waals surface area contributed by atoms with E-state index in [0.717, 1.165) is 29.2 Å². The number of para-hydroxylation sites is 2. The largest absolute Gasteiger partial charge is 0.507 e. The van der Waals surface area contributed by atoms with E-state index in [9.17, 15) is 34.3 Å². The van der Waals surface area contributed by atoms with Gasteiger partial charge in [0, 0.05) is 17.7 Å². The molecule has 0 radical (unpaired) electrons. The van der Waals surface area contributed by atoms with Crippen LogP contribution in [0.4, 0.5) is 15.8 Å². The molecule has 2 N–H and O–H groups in total. The first-order valence-electron chi connectivity index (χ1n) is 9.39. The number of nitro benzene ring substituents is 1. The van der Waals surface area contributed by atoms with Crippen LogP contribution in [0.5, 0.6) is 5.75 Å². The van der Waals surface area contributed by atoms with Crippen LogP contribution in [0.2, 0.25) is 0 Å². The Morgan fingerprint density at radius 1 is 0.969 bits per heavy atom. The number of hydrogen-bond donors (Lipinski definition) is 2. The first kappa shape index (κ1) is 20.7. The van der Waals surface area contributed by atoms with Crippen LogP contribution in [0, 0.1) is 15.9 Å². The third-order valence-electron chi connectivity index (χ3n) is 5.12. The maximum absolute atomic E-state index is 13.5. The van der Waals surface area contributed by atoms with Gasteiger partial charge < -0.3 is 10.2 Å². The van der Waals surface area contributed by atoms with E-state index in [-0.39, 0.29) is 28.3 Å². The molecule has 1 heterocycles. The average Bonchev–Trinajstić information content (AvgIpc) is 3.05. The number of phenolic OH excluding ortho intramolecular Hbond substituents is 1. The molecule has 0 aliphatic carbocycles. The van der Waals surface area contributed by atoms with E-state index in [1.165, 1.54) is 36.4 Å². The van der Waals surface area contributed by atoms with Crippen LogP contribution < -0.4 is 4.90 Å². The van der Waals surface area contributed by atoms with E-state index < -0.39 is 34.2 Å². The maximum Gasteiger partial charge on any atom is 0.300 e. The lowest BCUT2D eigenvalue weighted by Gasteiger charge is -2.26. The summed E-state index contributed by atoms with van der Waals surface area (Å²) in [5.74, 6) is -3.37. The Morgan fingerprint density at radius 3 is 2.19 bits per heavy atom. The number of carbonyl (C=O) groups excluding carboxylic acids is 2. The number of Topliss-reactive ketones (excluding diaryl/α,β-unsaturated/α-hetero) is 1. The fraction of sp³-hybridized carbons (Fsp3) is 0.0435. The van der Waals surface area contributed by atoms with Gasteiger partial charge in [0.1, 0.15) is 17.3 Å². The van der Waals surface area contributed by atoms with Crippen molar-refractivity contribution in [1.82, 2.24) is 0 Å². The molecular formula is C23H15FN2O6. The zero-order valence-corrected chi connectivity index (χ0v) is 16.3. The zero-order chi connectivity index (χ0) is 23.0. The number of nitrogens with zero attached hydrogens (tertiary/aromatic N) is 2. The lowest BCUT2D eigenvalue weighted by atomic mass is 9.95. The average molecular weight is 434 g/mol. The van der Waals surface area contributed by atoms with Crippen molar-refractivity contribution in [1.29, 1.82) is 0 Å². The van der Waals surface area contributed by atoms with Gasteiger partial charge in [-0.25, -0.2) is 4.39 Å². The molecule has 0 saturated carbocycles. The molecule has 1 aliphatic heterocycles. The molecule has 1 atom stereocenters. The van der Waals surface area contributed by atoms with Gasteiger partial charge in [-0.05, 0) is 42.0 Å². The van der Waals surface area contributed by atoms with Crippen LogP contribution in [0.15, 0.2) is 78.4 Å². The maximum atomic E-state index is 13.5. The van der Waals surface area contributed by atoms with Gasteiger partial charge >= 0.3 is 0 Å².